The average Bonchev–Trinajstić information content (AvgIpc) is 3.04. The van der Waals surface area contributed by atoms with Crippen LogP contribution in [-0.2, 0) is 7.05 Å². The highest BCUT2D eigenvalue weighted by Gasteiger charge is 2.12. The third-order valence-corrected chi connectivity index (χ3v) is 4.30. The molecule has 0 aliphatic rings. The molecule has 0 spiro atoms. The van der Waals surface area contributed by atoms with Gasteiger partial charge < -0.3 is 9.30 Å². The van der Waals surface area contributed by atoms with Gasteiger partial charge in [0.15, 0.2) is 5.82 Å². The van der Waals surface area contributed by atoms with Crippen molar-refractivity contribution in [1.82, 2.24) is 9.55 Å². The Hall–Kier alpha value is -3.84. The number of rotatable bonds is 4. The Kier molecular flexibility index (Phi) is 4.42. The fourth-order valence-electron chi connectivity index (χ4n) is 2.99. The highest BCUT2D eigenvalue weighted by Crippen LogP contribution is 2.25. The van der Waals surface area contributed by atoms with E-state index in [4.69, 9.17) is 4.74 Å². The van der Waals surface area contributed by atoms with Crippen LogP contribution in [0, 0.1) is 11.3 Å². The summed E-state index contributed by atoms with van der Waals surface area (Å²) in [6.07, 6.45) is 1.83. The van der Waals surface area contributed by atoms with Gasteiger partial charge in [0, 0.05) is 7.05 Å². The number of benzene rings is 3. The monoisotopic (exact) mass is 351 g/mol. The number of nitriles is 1. The lowest BCUT2D eigenvalue weighted by Gasteiger charge is -2.06. The Labute approximate surface area is 157 Å². The third kappa shape index (κ3) is 3.44. The van der Waals surface area contributed by atoms with Gasteiger partial charge >= 0.3 is 0 Å². The summed E-state index contributed by atoms with van der Waals surface area (Å²) in [5.41, 5.74) is 3.25. The van der Waals surface area contributed by atoms with E-state index in [0.29, 0.717) is 11.4 Å². The van der Waals surface area contributed by atoms with Crippen LogP contribution in [0.15, 0.2) is 78.9 Å². The average molecular weight is 351 g/mol. The van der Waals surface area contributed by atoms with Gasteiger partial charge in [-0.1, -0.05) is 42.5 Å². The van der Waals surface area contributed by atoms with Gasteiger partial charge in [0.1, 0.15) is 17.6 Å². The number of para-hydroxylation sites is 3. The van der Waals surface area contributed by atoms with Crippen molar-refractivity contribution in [3.8, 4) is 17.6 Å². The van der Waals surface area contributed by atoms with Crippen molar-refractivity contribution in [3.05, 3.63) is 90.3 Å². The Morgan fingerprint density at radius 3 is 2.48 bits per heavy atom. The van der Waals surface area contributed by atoms with Crippen molar-refractivity contribution in [1.29, 1.82) is 5.26 Å². The number of hydrogen-bond donors (Lipinski definition) is 0. The largest absolute Gasteiger partial charge is 0.457 e. The molecule has 130 valence electrons. The summed E-state index contributed by atoms with van der Waals surface area (Å²) < 4.78 is 7.82. The Morgan fingerprint density at radius 2 is 1.70 bits per heavy atom. The second-order valence-electron chi connectivity index (χ2n) is 6.14. The zero-order chi connectivity index (χ0) is 18.6. The topological polar surface area (TPSA) is 50.8 Å². The maximum absolute atomic E-state index is 9.69. The van der Waals surface area contributed by atoms with Crippen LogP contribution in [0.5, 0.6) is 11.5 Å². The number of fused-ring (bicyclic) bond motifs is 1. The maximum Gasteiger partial charge on any atom is 0.151 e. The van der Waals surface area contributed by atoms with Crippen molar-refractivity contribution >= 4 is 22.7 Å². The van der Waals surface area contributed by atoms with Crippen LogP contribution in [0.25, 0.3) is 22.7 Å². The molecule has 0 unspecified atom stereocenters. The van der Waals surface area contributed by atoms with E-state index in [-0.39, 0.29) is 0 Å². The highest BCUT2D eigenvalue weighted by atomic mass is 16.5. The predicted molar refractivity (Wildman–Crippen MR) is 107 cm³/mol. The minimum absolute atomic E-state index is 0.505. The molecule has 1 aromatic heterocycles. The van der Waals surface area contributed by atoms with Crippen LogP contribution in [0.2, 0.25) is 0 Å². The van der Waals surface area contributed by atoms with E-state index in [2.05, 4.69) is 11.1 Å². The quantitative estimate of drug-likeness (QED) is 0.461. The molecule has 3 aromatic carbocycles. The van der Waals surface area contributed by atoms with E-state index in [1.54, 1.807) is 0 Å². The molecule has 1 heterocycles. The zero-order valence-corrected chi connectivity index (χ0v) is 14.8. The predicted octanol–water partition coefficient (Wildman–Crippen LogP) is 5.43. The summed E-state index contributed by atoms with van der Waals surface area (Å²) in [5, 5.41) is 9.69. The van der Waals surface area contributed by atoms with Crippen LogP contribution < -0.4 is 4.74 Å². The van der Waals surface area contributed by atoms with Gasteiger partial charge in [0.05, 0.1) is 16.6 Å². The summed E-state index contributed by atoms with van der Waals surface area (Å²) in [7, 11) is 1.92. The van der Waals surface area contributed by atoms with Gasteiger partial charge in [-0.25, -0.2) is 4.98 Å². The summed E-state index contributed by atoms with van der Waals surface area (Å²) >= 11 is 0. The van der Waals surface area contributed by atoms with Crippen LogP contribution in [0.4, 0.5) is 0 Å². The second-order valence-corrected chi connectivity index (χ2v) is 6.14. The molecule has 4 aromatic rings. The molecule has 0 aliphatic heterocycles. The molecule has 0 radical (unpaired) electrons. The molecule has 4 nitrogen and oxygen atoms in total. The molecule has 0 amide bonds. The van der Waals surface area contributed by atoms with E-state index in [0.717, 1.165) is 28.1 Å². The summed E-state index contributed by atoms with van der Waals surface area (Å²) in [5.74, 6) is 2.14. The second kappa shape index (κ2) is 7.19. The maximum atomic E-state index is 9.69. The van der Waals surface area contributed by atoms with E-state index < -0.39 is 0 Å². The smallest absolute Gasteiger partial charge is 0.151 e. The van der Waals surface area contributed by atoms with Crippen molar-refractivity contribution in [2.45, 2.75) is 0 Å². The van der Waals surface area contributed by atoms with Crippen LogP contribution in [-0.4, -0.2) is 9.55 Å². The fourth-order valence-corrected chi connectivity index (χ4v) is 2.99. The van der Waals surface area contributed by atoms with Crippen LogP contribution in [0.3, 0.4) is 0 Å². The first kappa shape index (κ1) is 16.6. The van der Waals surface area contributed by atoms with Gasteiger partial charge in [-0.05, 0) is 48.0 Å². The number of aromatic nitrogens is 2. The number of ether oxygens (including phenoxy) is 1. The van der Waals surface area contributed by atoms with Crippen molar-refractivity contribution in [2.24, 2.45) is 7.05 Å². The third-order valence-electron chi connectivity index (χ3n) is 4.30. The normalized spacial score (nSPS) is 11.3. The Balaban J connectivity index is 1.69. The molecule has 27 heavy (non-hydrogen) atoms. The molecule has 0 bridgehead atoms. The van der Waals surface area contributed by atoms with Gasteiger partial charge in [-0.3, -0.25) is 0 Å². The highest BCUT2D eigenvalue weighted by molar-refractivity contribution is 5.90. The molecule has 4 heteroatoms. The number of allylic oxidation sites excluding steroid dienone is 1. The standard InChI is InChI=1S/C23H17N3O/c1-26-22-13-6-5-12-21(22)25-23(26)18(16-24)14-17-8-7-11-20(15-17)27-19-9-3-2-4-10-19/h2-15H,1H3. The van der Waals surface area contributed by atoms with Crippen LogP contribution >= 0.6 is 0 Å². The van der Waals surface area contributed by atoms with E-state index in [1.165, 1.54) is 0 Å². The van der Waals surface area contributed by atoms with E-state index >= 15 is 0 Å². The van der Waals surface area contributed by atoms with Gasteiger partial charge in [-0.2, -0.15) is 5.26 Å². The lowest BCUT2D eigenvalue weighted by Crippen LogP contribution is -1.96. The van der Waals surface area contributed by atoms with Gasteiger partial charge in [0.25, 0.3) is 0 Å². The van der Waals surface area contributed by atoms with Crippen molar-refractivity contribution < 1.29 is 4.74 Å². The molecule has 0 atom stereocenters. The SMILES string of the molecule is Cn1c(C(C#N)=Cc2cccc(Oc3ccccc3)c2)nc2ccccc21. The first-order valence-electron chi connectivity index (χ1n) is 8.61. The summed E-state index contributed by atoms with van der Waals surface area (Å²) in [4.78, 5) is 4.61. The first-order valence-corrected chi connectivity index (χ1v) is 8.61. The lowest BCUT2D eigenvalue weighted by molar-refractivity contribution is 0.482. The molecule has 0 N–H and O–H groups in total. The molecule has 0 saturated carbocycles. The number of nitrogens with zero attached hydrogens (tertiary/aromatic N) is 3. The zero-order valence-electron chi connectivity index (χ0n) is 14.8. The van der Waals surface area contributed by atoms with Gasteiger partial charge in [-0.15, -0.1) is 0 Å². The van der Waals surface area contributed by atoms with Crippen LogP contribution in [0.1, 0.15) is 11.4 Å². The molecular formula is C23H17N3O. The molecule has 0 aliphatic carbocycles. The summed E-state index contributed by atoms with van der Waals surface area (Å²) in [6, 6.07) is 27.4. The molecule has 0 fully saturated rings. The number of aryl methyl sites for hydroxylation is 1. The van der Waals surface area contributed by atoms with E-state index in [1.807, 2.05) is 96.6 Å². The van der Waals surface area contributed by atoms with Gasteiger partial charge in [0.2, 0.25) is 0 Å². The lowest BCUT2D eigenvalue weighted by atomic mass is 10.1. The number of imidazole rings is 1. The molecule has 4 rings (SSSR count). The minimum atomic E-state index is 0.505. The fraction of sp³-hybridized carbons (Fsp3) is 0.0435. The summed E-state index contributed by atoms with van der Waals surface area (Å²) in [6.45, 7) is 0. The Morgan fingerprint density at radius 1 is 0.963 bits per heavy atom. The van der Waals surface area contributed by atoms with Crippen molar-refractivity contribution in [2.75, 3.05) is 0 Å². The Bertz CT molecular complexity index is 1170. The first-order chi connectivity index (χ1) is 13.2. The molecule has 0 saturated heterocycles. The number of hydrogen-bond acceptors (Lipinski definition) is 3. The minimum Gasteiger partial charge on any atom is -0.457 e. The molecular weight excluding hydrogens is 334 g/mol. The van der Waals surface area contributed by atoms with E-state index in [9.17, 15) is 5.26 Å². The van der Waals surface area contributed by atoms with Crippen molar-refractivity contribution in [3.63, 3.8) is 0 Å².